The minimum atomic E-state index is -0.430. The zero-order valence-electron chi connectivity index (χ0n) is 12.2. The fraction of sp³-hybridized carbons (Fsp3) is 0.385. The molecule has 0 aliphatic carbocycles. The van der Waals surface area contributed by atoms with Crippen molar-refractivity contribution in [1.82, 2.24) is 16.2 Å². The van der Waals surface area contributed by atoms with Crippen LogP contribution in [0.15, 0.2) is 12.1 Å². The lowest BCUT2D eigenvalue weighted by Gasteiger charge is -2.23. The Bertz CT molecular complexity index is 576. The molecule has 0 saturated carbocycles. The molecule has 1 aromatic rings. The highest BCUT2D eigenvalue weighted by atomic mass is 35.5. The third-order valence-corrected chi connectivity index (χ3v) is 3.36. The predicted octanol–water partition coefficient (Wildman–Crippen LogP) is 3.32. The molecule has 3 N–H and O–H groups in total. The Morgan fingerprint density at radius 2 is 1.73 bits per heavy atom. The van der Waals surface area contributed by atoms with Gasteiger partial charge in [-0.25, -0.2) is 0 Å². The summed E-state index contributed by atoms with van der Waals surface area (Å²) in [5.41, 5.74) is 4.76. The summed E-state index contributed by atoms with van der Waals surface area (Å²) in [5.74, 6) is -0.165. The van der Waals surface area contributed by atoms with Gasteiger partial charge >= 0.3 is 0 Å². The standard InChI is InChI=1S/C13H16Cl3N3O2S/c1-13(2,3)17-12(22)19-18-11(20)6-21-10-5-8(15)7(14)4-9(10)16/h4-5H,6H2,1-3H3,(H,18,20)(H2,17,19,22). The van der Waals surface area contributed by atoms with Crippen LogP contribution < -0.4 is 20.9 Å². The van der Waals surface area contributed by atoms with Gasteiger partial charge < -0.3 is 10.1 Å². The van der Waals surface area contributed by atoms with Crippen LogP contribution >= 0.6 is 47.0 Å². The Hall–Kier alpha value is -0.950. The predicted molar refractivity (Wildman–Crippen MR) is 93.7 cm³/mol. The Balaban J connectivity index is 2.44. The molecule has 0 bridgehead atoms. The van der Waals surface area contributed by atoms with Crippen molar-refractivity contribution in [3.63, 3.8) is 0 Å². The molecule has 22 heavy (non-hydrogen) atoms. The molecule has 5 nitrogen and oxygen atoms in total. The molecular weight excluding hydrogens is 369 g/mol. The summed E-state index contributed by atoms with van der Waals surface area (Å²) >= 11 is 22.6. The number of hydrogen-bond donors (Lipinski definition) is 3. The highest BCUT2D eigenvalue weighted by Crippen LogP contribution is 2.33. The largest absolute Gasteiger partial charge is 0.482 e. The second kappa shape index (κ2) is 8.06. The van der Waals surface area contributed by atoms with E-state index in [1.54, 1.807) is 0 Å². The molecule has 0 radical (unpaired) electrons. The Labute approximate surface area is 149 Å². The van der Waals surface area contributed by atoms with Gasteiger partial charge in [-0.15, -0.1) is 0 Å². The summed E-state index contributed by atoms with van der Waals surface area (Å²) in [7, 11) is 0. The highest BCUT2D eigenvalue weighted by molar-refractivity contribution is 7.80. The van der Waals surface area contributed by atoms with Gasteiger partial charge in [0.1, 0.15) is 5.75 Å². The van der Waals surface area contributed by atoms with Gasteiger partial charge in [0.05, 0.1) is 15.1 Å². The van der Waals surface area contributed by atoms with Crippen molar-refractivity contribution in [1.29, 1.82) is 0 Å². The minimum absolute atomic E-state index is 0.209. The molecule has 0 unspecified atom stereocenters. The number of amides is 1. The number of hydrogen-bond acceptors (Lipinski definition) is 3. The fourth-order valence-corrected chi connectivity index (χ4v) is 2.24. The zero-order chi connectivity index (χ0) is 16.9. The number of carbonyl (C=O) groups is 1. The van der Waals surface area contributed by atoms with Gasteiger partial charge in [0.15, 0.2) is 11.7 Å². The lowest BCUT2D eigenvalue weighted by Crippen LogP contribution is -2.52. The molecule has 0 heterocycles. The topological polar surface area (TPSA) is 62.4 Å². The van der Waals surface area contributed by atoms with E-state index in [2.05, 4.69) is 16.2 Å². The lowest BCUT2D eigenvalue weighted by molar-refractivity contribution is -0.123. The number of thiocarbonyl (C=S) groups is 1. The van der Waals surface area contributed by atoms with Gasteiger partial charge in [0, 0.05) is 11.6 Å². The number of nitrogens with one attached hydrogen (secondary N) is 3. The van der Waals surface area contributed by atoms with E-state index in [9.17, 15) is 4.79 Å². The third-order valence-electron chi connectivity index (χ3n) is 2.14. The van der Waals surface area contributed by atoms with E-state index >= 15 is 0 Å². The molecule has 0 aliphatic heterocycles. The van der Waals surface area contributed by atoms with Gasteiger partial charge in [0.2, 0.25) is 0 Å². The summed E-state index contributed by atoms with van der Waals surface area (Å²) in [6.45, 7) is 5.57. The molecule has 0 fully saturated rings. The molecule has 0 atom stereocenters. The van der Waals surface area contributed by atoms with Crippen LogP contribution in [0.1, 0.15) is 20.8 Å². The van der Waals surface area contributed by atoms with Crippen molar-refractivity contribution in [3.05, 3.63) is 27.2 Å². The second-order valence-electron chi connectivity index (χ2n) is 5.36. The summed E-state index contributed by atoms with van der Waals surface area (Å²) in [6.07, 6.45) is 0. The van der Waals surface area contributed by atoms with Crippen LogP contribution in [-0.2, 0) is 4.79 Å². The number of hydrazine groups is 1. The Morgan fingerprint density at radius 1 is 1.14 bits per heavy atom. The molecule has 0 saturated heterocycles. The average Bonchev–Trinajstić information content (AvgIpc) is 2.37. The quantitative estimate of drug-likeness (QED) is 0.424. The lowest BCUT2D eigenvalue weighted by atomic mass is 10.1. The molecule has 1 rings (SSSR count). The van der Waals surface area contributed by atoms with Crippen molar-refractivity contribution >= 4 is 58.0 Å². The van der Waals surface area contributed by atoms with Crippen LogP contribution in [-0.4, -0.2) is 23.2 Å². The Morgan fingerprint density at radius 3 is 2.32 bits per heavy atom. The third kappa shape index (κ3) is 6.87. The first kappa shape index (κ1) is 19.1. The molecule has 0 aliphatic rings. The summed E-state index contributed by atoms with van der Waals surface area (Å²) in [5, 5.41) is 4.14. The maximum absolute atomic E-state index is 11.7. The van der Waals surface area contributed by atoms with Gasteiger partial charge in [0.25, 0.3) is 5.91 Å². The van der Waals surface area contributed by atoms with E-state index < -0.39 is 5.91 Å². The van der Waals surface area contributed by atoms with E-state index in [0.717, 1.165) is 0 Å². The van der Waals surface area contributed by atoms with Gasteiger partial charge in [-0.05, 0) is 39.1 Å². The molecule has 1 aromatic carbocycles. The number of carbonyl (C=O) groups excluding carboxylic acids is 1. The molecule has 122 valence electrons. The SMILES string of the molecule is CC(C)(C)NC(=S)NNC(=O)COc1cc(Cl)c(Cl)cc1Cl. The monoisotopic (exact) mass is 383 g/mol. The normalized spacial score (nSPS) is 10.8. The van der Waals surface area contributed by atoms with Crippen molar-refractivity contribution in [2.24, 2.45) is 0 Å². The smallest absolute Gasteiger partial charge is 0.276 e. The highest BCUT2D eigenvalue weighted by Gasteiger charge is 2.12. The number of benzene rings is 1. The van der Waals surface area contributed by atoms with Gasteiger partial charge in [-0.3, -0.25) is 15.6 Å². The summed E-state index contributed by atoms with van der Waals surface area (Å²) in [4.78, 5) is 11.7. The van der Waals surface area contributed by atoms with Crippen LogP contribution in [0.25, 0.3) is 0 Å². The van der Waals surface area contributed by atoms with Crippen molar-refractivity contribution < 1.29 is 9.53 Å². The van der Waals surface area contributed by atoms with Crippen LogP contribution in [0.2, 0.25) is 15.1 Å². The van der Waals surface area contributed by atoms with Crippen LogP contribution in [0.4, 0.5) is 0 Å². The van der Waals surface area contributed by atoms with Gasteiger partial charge in [-0.1, -0.05) is 34.8 Å². The van der Waals surface area contributed by atoms with Crippen LogP contribution in [0.5, 0.6) is 5.75 Å². The van der Waals surface area contributed by atoms with E-state index in [1.807, 2.05) is 20.8 Å². The average molecular weight is 385 g/mol. The van der Waals surface area contributed by atoms with E-state index in [0.29, 0.717) is 10.1 Å². The maximum atomic E-state index is 11.7. The maximum Gasteiger partial charge on any atom is 0.276 e. The van der Waals surface area contributed by atoms with Crippen molar-refractivity contribution in [3.8, 4) is 5.75 Å². The van der Waals surface area contributed by atoms with E-state index in [-0.39, 0.29) is 27.9 Å². The molecular formula is C13H16Cl3N3O2S. The number of ether oxygens (including phenoxy) is 1. The first-order valence-electron chi connectivity index (χ1n) is 6.23. The minimum Gasteiger partial charge on any atom is -0.482 e. The molecule has 0 aromatic heterocycles. The summed E-state index contributed by atoms with van der Waals surface area (Å²) in [6, 6.07) is 2.89. The van der Waals surface area contributed by atoms with E-state index in [1.165, 1.54) is 12.1 Å². The van der Waals surface area contributed by atoms with E-state index in [4.69, 9.17) is 51.8 Å². The number of rotatable bonds is 3. The molecule has 9 heteroatoms. The van der Waals surface area contributed by atoms with Crippen molar-refractivity contribution in [2.45, 2.75) is 26.3 Å². The van der Waals surface area contributed by atoms with Crippen LogP contribution in [0.3, 0.4) is 0 Å². The van der Waals surface area contributed by atoms with Gasteiger partial charge in [-0.2, -0.15) is 0 Å². The zero-order valence-corrected chi connectivity index (χ0v) is 15.3. The Kier molecular flexibility index (Phi) is 6.99. The summed E-state index contributed by atoms with van der Waals surface area (Å²) < 4.78 is 5.28. The molecule has 1 amide bonds. The van der Waals surface area contributed by atoms with Crippen LogP contribution in [0, 0.1) is 0 Å². The first-order chi connectivity index (χ1) is 10.1. The number of halogens is 3. The fourth-order valence-electron chi connectivity index (χ4n) is 1.29. The molecule has 0 spiro atoms. The first-order valence-corrected chi connectivity index (χ1v) is 7.77. The second-order valence-corrected chi connectivity index (χ2v) is 6.99. The van der Waals surface area contributed by atoms with Crippen molar-refractivity contribution in [2.75, 3.05) is 6.61 Å².